The molecule has 2 nitrogen and oxygen atoms in total. The first-order chi connectivity index (χ1) is 29.8. The summed E-state index contributed by atoms with van der Waals surface area (Å²) in [4.78, 5) is 2.40. The number of anilines is 3. The zero-order valence-electron chi connectivity index (χ0n) is 32.7. The van der Waals surface area contributed by atoms with E-state index in [9.17, 15) is 0 Å². The van der Waals surface area contributed by atoms with E-state index in [4.69, 9.17) is 4.42 Å². The van der Waals surface area contributed by atoms with Gasteiger partial charge in [-0.2, -0.15) is 0 Å². The fourth-order valence-corrected chi connectivity index (χ4v) is 9.43. The Morgan fingerprint density at radius 2 is 0.800 bits per heavy atom. The largest absolute Gasteiger partial charge is 0.455 e. The lowest BCUT2D eigenvalue weighted by Gasteiger charge is -2.28. The summed E-state index contributed by atoms with van der Waals surface area (Å²) in [6.45, 7) is 0. The second-order valence-corrected chi connectivity index (χ2v) is 15.6. The Labute approximate surface area is 347 Å². The molecule has 0 saturated carbocycles. The molecule has 12 aromatic rings. The van der Waals surface area contributed by atoms with Crippen molar-refractivity contribution in [1.29, 1.82) is 0 Å². The molecule has 0 N–H and O–H groups in total. The van der Waals surface area contributed by atoms with Crippen molar-refractivity contribution in [1.82, 2.24) is 0 Å². The maximum Gasteiger partial charge on any atom is 0.143 e. The van der Waals surface area contributed by atoms with Crippen molar-refractivity contribution in [2.24, 2.45) is 0 Å². The van der Waals surface area contributed by atoms with Crippen molar-refractivity contribution < 1.29 is 4.42 Å². The Kier molecular flexibility index (Phi) is 7.89. The molecule has 0 spiro atoms. The molecule has 1 aromatic heterocycles. The molecule has 0 fully saturated rings. The van der Waals surface area contributed by atoms with Crippen LogP contribution in [0.1, 0.15) is 0 Å². The zero-order chi connectivity index (χ0) is 39.6. The van der Waals surface area contributed by atoms with Crippen molar-refractivity contribution >= 4 is 82.1 Å². The van der Waals surface area contributed by atoms with Crippen molar-refractivity contribution in [3.63, 3.8) is 0 Å². The summed E-state index contributed by atoms with van der Waals surface area (Å²) < 4.78 is 6.92. The van der Waals surface area contributed by atoms with Gasteiger partial charge in [0.05, 0.1) is 5.69 Å². The maximum atomic E-state index is 6.92. The smallest absolute Gasteiger partial charge is 0.143 e. The number of nitrogens with zero attached hydrogens (tertiary/aromatic N) is 1. The number of rotatable bonds is 6. The van der Waals surface area contributed by atoms with Crippen molar-refractivity contribution in [2.75, 3.05) is 4.90 Å². The van der Waals surface area contributed by atoms with E-state index in [0.29, 0.717) is 0 Å². The standard InChI is InChI=1S/C58H37NO/c1-4-19-45-38(13-1)16-10-23-48(45)42-17-9-18-44(37-42)59(43-33-29-41(30-34-43)47-24-11-25-50-46-20-5-2-14-39(46)31-35-51(47)50)56-28-8-7-22-52(56)53-26-12-27-54-55-36-32-40-15-3-6-21-49(40)57(55)60-58(53)54/h1-37H. The van der Waals surface area contributed by atoms with Crippen LogP contribution in [0.25, 0.3) is 98.4 Å². The quantitative estimate of drug-likeness (QED) is 0.157. The van der Waals surface area contributed by atoms with E-state index >= 15 is 0 Å². The van der Waals surface area contributed by atoms with E-state index < -0.39 is 0 Å². The molecule has 0 amide bonds. The number of hydrogen-bond acceptors (Lipinski definition) is 2. The van der Waals surface area contributed by atoms with E-state index in [-0.39, 0.29) is 0 Å². The van der Waals surface area contributed by atoms with Crippen LogP contribution in [-0.2, 0) is 0 Å². The van der Waals surface area contributed by atoms with Crippen molar-refractivity contribution in [3.8, 4) is 33.4 Å². The highest BCUT2D eigenvalue weighted by atomic mass is 16.3. The minimum atomic E-state index is 0.889. The molecular weight excluding hydrogens is 727 g/mol. The summed E-state index contributed by atoms with van der Waals surface area (Å²) in [7, 11) is 0. The SMILES string of the molecule is c1cc(-c2cccc3ccccc23)cc(N(c2ccc(-c3cccc4c3ccc3ccccc34)cc2)c2ccccc2-c2cccc3c2oc2c4ccccc4ccc32)c1. The summed E-state index contributed by atoms with van der Waals surface area (Å²) in [6.07, 6.45) is 0. The summed E-state index contributed by atoms with van der Waals surface area (Å²) in [5.41, 5.74) is 11.9. The van der Waals surface area contributed by atoms with Gasteiger partial charge < -0.3 is 9.32 Å². The molecule has 0 bridgehead atoms. The third-order valence-corrected chi connectivity index (χ3v) is 12.3. The minimum absolute atomic E-state index is 0.889. The molecule has 0 saturated heterocycles. The molecule has 0 radical (unpaired) electrons. The van der Waals surface area contributed by atoms with Gasteiger partial charge in [0.1, 0.15) is 11.2 Å². The summed E-state index contributed by atoms with van der Waals surface area (Å²) in [6, 6.07) is 81.2. The highest BCUT2D eigenvalue weighted by Gasteiger charge is 2.22. The third-order valence-electron chi connectivity index (χ3n) is 12.3. The lowest BCUT2D eigenvalue weighted by molar-refractivity contribution is 0.674. The van der Waals surface area contributed by atoms with Gasteiger partial charge in [-0.15, -0.1) is 0 Å². The van der Waals surface area contributed by atoms with Crippen LogP contribution in [0.2, 0.25) is 0 Å². The van der Waals surface area contributed by atoms with Crippen LogP contribution >= 0.6 is 0 Å². The molecule has 60 heavy (non-hydrogen) atoms. The van der Waals surface area contributed by atoms with Gasteiger partial charge in [0.2, 0.25) is 0 Å². The molecule has 11 aromatic carbocycles. The number of benzene rings is 11. The topological polar surface area (TPSA) is 16.4 Å². The number of para-hydroxylation sites is 2. The molecule has 2 heteroatoms. The second-order valence-electron chi connectivity index (χ2n) is 15.6. The van der Waals surface area contributed by atoms with Gasteiger partial charge >= 0.3 is 0 Å². The van der Waals surface area contributed by atoms with Crippen LogP contribution in [0.5, 0.6) is 0 Å². The van der Waals surface area contributed by atoms with E-state index in [2.05, 4.69) is 229 Å². The third kappa shape index (κ3) is 5.50. The van der Waals surface area contributed by atoms with Gasteiger partial charge in [0.25, 0.3) is 0 Å². The molecule has 0 atom stereocenters. The first-order valence-electron chi connectivity index (χ1n) is 20.6. The van der Waals surface area contributed by atoms with E-state index in [0.717, 1.165) is 61.1 Å². The Balaban J connectivity index is 1.05. The highest BCUT2D eigenvalue weighted by Crippen LogP contribution is 2.46. The van der Waals surface area contributed by atoms with Crippen LogP contribution in [0.3, 0.4) is 0 Å². The van der Waals surface area contributed by atoms with Gasteiger partial charge in [0, 0.05) is 38.7 Å². The average molecular weight is 764 g/mol. The summed E-state index contributed by atoms with van der Waals surface area (Å²) >= 11 is 0. The number of fused-ring (bicyclic) bond motifs is 9. The molecule has 0 aliphatic carbocycles. The summed E-state index contributed by atoms with van der Waals surface area (Å²) in [5.74, 6) is 0. The Bertz CT molecular complexity index is 3610. The molecule has 1 heterocycles. The second kappa shape index (κ2) is 13.9. The predicted octanol–water partition coefficient (Wildman–Crippen LogP) is 16.7. The molecule has 0 unspecified atom stereocenters. The summed E-state index contributed by atoms with van der Waals surface area (Å²) in [5, 5.41) is 12.0. The minimum Gasteiger partial charge on any atom is -0.455 e. The van der Waals surface area contributed by atoms with Gasteiger partial charge in [-0.3, -0.25) is 0 Å². The van der Waals surface area contributed by atoms with Gasteiger partial charge in [-0.25, -0.2) is 0 Å². The Morgan fingerprint density at radius 1 is 0.267 bits per heavy atom. The van der Waals surface area contributed by atoms with Crippen LogP contribution in [0, 0.1) is 0 Å². The molecule has 12 rings (SSSR count). The monoisotopic (exact) mass is 763 g/mol. The maximum absolute atomic E-state index is 6.92. The molecule has 280 valence electrons. The van der Waals surface area contributed by atoms with Crippen LogP contribution < -0.4 is 4.90 Å². The van der Waals surface area contributed by atoms with E-state index in [1.54, 1.807) is 0 Å². The number of furan rings is 1. The number of hydrogen-bond donors (Lipinski definition) is 0. The van der Waals surface area contributed by atoms with E-state index in [1.807, 2.05) is 0 Å². The van der Waals surface area contributed by atoms with Crippen molar-refractivity contribution in [3.05, 3.63) is 224 Å². The van der Waals surface area contributed by atoms with Crippen LogP contribution in [0.15, 0.2) is 229 Å². The Morgan fingerprint density at radius 3 is 1.62 bits per heavy atom. The molecule has 0 aliphatic heterocycles. The zero-order valence-corrected chi connectivity index (χ0v) is 32.7. The fourth-order valence-electron chi connectivity index (χ4n) is 9.43. The van der Waals surface area contributed by atoms with Crippen LogP contribution in [0.4, 0.5) is 17.1 Å². The first kappa shape index (κ1) is 34.1. The normalized spacial score (nSPS) is 11.7. The average Bonchev–Trinajstić information content (AvgIpc) is 3.72. The lowest BCUT2D eigenvalue weighted by atomic mass is 9.94. The molecular formula is C58H37NO. The fraction of sp³-hybridized carbons (Fsp3) is 0. The Hall–Kier alpha value is -7.94. The van der Waals surface area contributed by atoms with E-state index in [1.165, 1.54) is 54.4 Å². The van der Waals surface area contributed by atoms with Gasteiger partial charge in [-0.05, 0) is 96.4 Å². The van der Waals surface area contributed by atoms with Gasteiger partial charge in [0.15, 0.2) is 0 Å². The van der Waals surface area contributed by atoms with Crippen LogP contribution in [-0.4, -0.2) is 0 Å². The lowest BCUT2D eigenvalue weighted by Crippen LogP contribution is -2.11. The van der Waals surface area contributed by atoms with Crippen molar-refractivity contribution in [2.45, 2.75) is 0 Å². The van der Waals surface area contributed by atoms with Gasteiger partial charge in [-0.1, -0.05) is 188 Å². The molecule has 0 aliphatic rings. The first-order valence-corrected chi connectivity index (χ1v) is 20.6. The highest BCUT2D eigenvalue weighted by molar-refractivity contribution is 6.18. The predicted molar refractivity (Wildman–Crippen MR) is 255 cm³/mol.